The molecule has 0 amide bonds. The van der Waals surface area contributed by atoms with Crippen molar-refractivity contribution >= 4 is 5.97 Å². The number of aromatic carboxylic acids is 1. The molecule has 0 saturated heterocycles. The van der Waals surface area contributed by atoms with Gasteiger partial charge in [-0.3, -0.25) is 4.68 Å². The summed E-state index contributed by atoms with van der Waals surface area (Å²) < 4.78 is 6.86. The third-order valence-corrected chi connectivity index (χ3v) is 4.54. The summed E-state index contributed by atoms with van der Waals surface area (Å²) in [5.74, 6) is 4.97. The largest absolute Gasteiger partial charge is 0.477 e. The van der Waals surface area contributed by atoms with Crippen LogP contribution in [0.15, 0.2) is 47.0 Å². The Kier molecular flexibility index (Phi) is 5.26. The maximum Gasteiger partial charge on any atom is 0.354 e. The molecular formula is C22H18N6O4. The highest BCUT2D eigenvalue weighted by Crippen LogP contribution is 2.23. The number of carboxylic acid groups (broad SMARTS) is 1. The number of carboxylic acids is 1. The van der Waals surface area contributed by atoms with Crippen molar-refractivity contribution in [3.05, 3.63) is 65.6 Å². The van der Waals surface area contributed by atoms with E-state index in [1.165, 1.54) is 13.0 Å². The van der Waals surface area contributed by atoms with Gasteiger partial charge in [-0.1, -0.05) is 24.0 Å². The second kappa shape index (κ2) is 8.05. The molecular weight excluding hydrogens is 412 g/mol. The molecule has 0 aliphatic heterocycles. The van der Waals surface area contributed by atoms with Crippen molar-refractivity contribution in [1.29, 1.82) is 0 Å². The Morgan fingerprint density at radius 3 is 2.66 bits per heavy atom. The van der Waals surface area contributed by atoms with Gasteiger partial charge in [0.15, 0.2) is 11.5 Å². The van der Waals surface area contributed by atoms with E-state index in [-0.39, 0.29) is 17.4 Å². The van der Waals surface area contributed by atoms with E-state index in [4.69, 9.17) is 4.42 Å². The van der Waals surface area contributed by atoms with Crippen LogP contribution in [0.5, 0.6) is 0 Å². The van der Waals surface area contributed by atoms with Crippen molar-refractivity contribution in [2.24, 2.45) is 7.05 Å². The van der Waals surface area contributed by atoms with Gasteiger partial charge < -0.3 is 14.6 Å². The van der Waals surface area contributed by atoms with E-state index in [2.05, 4.69) is 37.1 Å². The summed E-state index contributed by atoms with van der Waals surface area (Å²) in [6, 6.07) is 10.1. The molecule has 0 radical (unpaired) electrons. The fraction of sp³-hybridized carbons (Fsp3) is 0.182. The van der Waals surface area contributed by atoms with Crippen molar-refractivity contribution in [2.45, 2.75) is 19.4 Å². The Balaban J connectivity index is 1.73. The quantitative estimate of drug-likeness (QED) is 0.466. The molecule has 0 saturated carbocycles. The van der Waals surface area contributed by atoms with Crippen molar-refractivity contribution in [3.63, 3.8) is 0 Å². The Morgan fingerprint density at radius 2 is 2.00 bits per heavy atom. The van der Waals surface area contributed by atoms with Crippen LogP contribution in [0.1, 0.15) is 34.8 Å². The minimum absolute atomic E-state index is 0.00281. The Bertz CT molecular complexity index is 1380. The summed E-state index contributed by atoms with van der Waals surface area (Å²) in [6.07, 6.45) is 1.60. The van der Waals surface area contributed by atoms with Crippen LogP contribution in [0.25, 0.3) is 22.8 Å². The van der Waals surface area contributed by atoms with E-state index >= 15 is 0 Å². The molecule has 160 valence electrons. The second-order valence-electron chi connectivity index (χ2n) is 7.14. The minimum Gasteiger partial charge on any atom is -0.477 e. The zero-order valence-electron chi connectivity index (χ0n) is 17.4. The molecule has 10 nitrogen and oxygen atoms in total. The zero-order chi connectivity index (χ0) is 22.9. The lowest BCUT2D eigenvalue weighted by Crippen LogP contribution is -2.19. The number of nitrogens with zero attached hydrogens (tertiary/aromatic N) is 6. The van der Waals surface area contributed by atoms with Gasteiger partial charge in [-0.25, -0.2) is 14.8 Å². The molecule has 3 heterocycles. The fourth-order valence-electron chi connectivity index (χ4n) is 2.92. The smallest absolute Gasteiger partial charge is 0.354 e. The first-order valence-electron chi connectivity index (χ1n) is 9.50. The number of aliphatic hydroxyl groups is 1. The van der Waals surface area contributed by atoms with Crippen LogP contribution in [0.3, 0.4) is 0 Å². The van der Waals surface area contributed by atoms with Crippen LogP contribution in [0.4, 0.5) is 0 Å². The Labute approximate surface area is 182 Å². The van der Waals surface area contributed by atoms with Crippen LogP contribution in [-0.4, -0.2) is 46.1 Å². The Morgan fingerprint density at radius 1 is 1.19 bits per heavy atom. The van der Waals surface area contributed by atoms with E-state index in [1.807, 2.05) is 0 Å². The predicted molar refractivity (Wildman–Crippen MR) is 112 cm³/mol. The van der Waals surface area contributed by atoms with E-state index in [0.29, 0.717) is 28.4 Å². The third kappa shape index (κ3) is 4.23. The summed E-state index contributed by atoms with van der Waals surface area (Å²) in [4.78, 5) is 20.3. The van der Waals surface area contributed by atoms with E-state index < -0.39 is 11.6 Å². The molecule has 0 aliphatic rings. The van der Waals surface area contributed by atoms with Gasteiger partial charge in [-0.15, -0.1) is 10.2 Å². The number of rotatable bonds is 4. The SMILES string of the molecule is Cc1nnc(C(C)(O)C#Cc2cccc(-c3nc(C(=O)O)cc(-c4ccnn4C)n3)c2)o1. The van der Waals surface area contributed by atoms with Crippen molar-refractivity contribution < 1.29 is 19.4 Å². The Hall–Kier alpha value is -4.36. The molecule has 0 aliphatic carbocycles. The number of carbonyl (C=O) groups is 1. The number of hydrogen-bond acceptors (Lipinski definition) is 8. The molecule has 3 aromatic heterocycles. The monoisotopic (exact) mass is 430 g/mol. The average Bonchev–Trinajstić information content (AvgIpc) is 3.41. The molecule has 1 unspecified atom stereocenters. The second-order valence-corrected chi connectivity index (χ2v) is 7.14. The lowest BCUT2D eigenvalue weighted by atomic mass is 10.1. The van der Waals surface area contributed by atoms with Gasteiger partial charge in [0.2, 0.25) is 11.5 Å². The summed E-state index contributed by atoms with van der Waals surface area (Å²) in [5, 5.41) is 31.7. The van der Waals surface area contributed by atoms with Crippen molar-refractivity contribution in [2.75, 3.05) is 0 Å². The average molecular weight is 430 g/mol. The molecule has 32 heavy (non-hydrogen) atoms. The lowest BCUT2D eigenvalue weighted by Gasteiger charge is -2.10. The molecule has 0 spiro atoms. The van der Waals surface area contributed by atoms with E-state index in [1.54, 1.807) is 55.2 Å². The van der Waals surface area contributed by atoms with Crippen LogP contribution in [-0.2, 0) is 12.6 Å². The fourth-order valence-corrected chi connectivity index (χ4v) is 2.92. The highest BCUT2D eigenvalue weighted by Gasteiger charge is 2.27. The standard InChI is InChI=1S/C22H18N6O4/c1-13-26-27-21(32-13)22(2,31)9-7-14-5-4-6-15(11-14)19-24-16(12-17(25-19)20(29)30)18-8-10-23-28(18)3/h4-6,8,10-12,31H,1-3H3,(H,29,30). The van der Waals surface area contributed by atoms with Crippen LogP contribution >= 0.6 is 0 Å². The first-order valence-corrected chi connectivity index (χ1v) is 9.50. The zero-order valence-corrected chi connectivity index (χ0v) is 17.4. The lowest BCUT2D eigenvalue weighted by molar-refractivity contribution is 0.0690. The van der Waals surface area contributed by atoms with Gasteiger partial charge in [0.25, 0.3) is 5.89 Å². The molecule has 1 aromatic carbocycles. The van der Waals surface area contributed by atoms with Crippen LogP contribution in [0.2, 0.25) is 0 Å². The van der Waals surface area contributed by atoms with Gasteiger partial charge in [0.05, 0.1) is 11.4 Å². The van der Waals surface area contributed by atoms with Gasteiger partial charge in [0.1, 0.15) is 0 Å². The van der Waals surface area contributed by atoms with E-state index in [9.17, 15) is 15.0 Å². The minimum atomic E-state index is -1.64. The first-order chi connectivity index (χ1) is 15.2. The molecule has 4 rings (SSSR count). The normalized spacial score (nSPS) is 12.6. The molecule has 2 N–H and O–H groups in total. The molecule has 0 fully saturated rings. The highest BCUT2D eigenvalue weighted by molar-refractivity contribution is 5.87. The van der Waals surface area contributed by atoms with Crippen molar-refractivity contribution in [1.82, 2.24) is 29.9 Å². The van der Waals surface area contributed by atoms with Crippen LogP contribution < -0.4 is 0 Å². The summed E-state index contributed by atoms with van der Waals surface area (Å²) >= 11 is 0. The van der Waals surface area contributed by atoms with Gasteiger partial charge in [0, 0.05) is 31.3 Å². The maximum absolute atomic E-state index is 11.6. The number of hydrogen-bond donors (Lipinski definition) is 2. The number of benzene rings is 1. The summed E-state index contributed by atoms with van der Waals surface area (Å²) in [7, 11) is 1.74. The third-order valence-electron chi connectivity index (χ3n) is 4.54. The molecule has 10 heteroatoms. The highest BCUT2D eigenvalue weighted by atomic mass is 16.4. The first kappa shape index (κ1) is 20.9. The maximum atomic E-state index is 11.6. The molecule has 4 aromatic rings. The van der Waals surface area contributed by atoms with Crippen molar-refractivity contribution in [3.8, 4) is 34.6 Å². The predicted octanol–water partition coefficient (Wildman–Crippen LogP) is 2.19. The summed E-state index contributed by atoms with van der Waals surface area (Å²) in [6.45, 7) is 3.07. The van der Waals surface area contributed by atoms with Gasteiger partial charge >= 0.3 is 5.97 Å². The van der Waals surface area contributed by atoms with Gasteiger partial charge in [-0.2, -0.15) is 5.10 Å². The summed E-state index contributed by atoms with van der Waals surface area (Å²) in [5.41, 5.74) is 0.430. The van der Waals surface area contributed by atoms with E-state index in [0.717, 1.165) is 0 Å². The topological polar surface area (TPSA) is 140 Å². The number of aromatic nitrogens is 6. The number of aryl methyl sites for hydroxylation is 2. The molecule has 0 bridgehead atoms. The van der Waals surface area contributed by atoms with Gasteiger partial charge in [-0.05, 0) is 31.2 Å². The molecule has 1 atom stereocenters. The van der Waals surface area contributed by atoms with Crippen LogP contribution in [0, 0.1) is 18.8 Å².